The molecule has 4 rings (SSSR count). The summed E-state index contributed by atoms with van der Waals surface area (Å²) in [4.78, 5) is 11.7. The first-order valence-corrected chi connectivity index (χ1v) is 12.5. The molecule has 2 N–H and O–H groups in total. The second-order valence-electron chi connectivity index (χ2n) is 7.09. The maximum absolute atomic E-state index is 14.6. The van der Waals surface area contributed by atoms with Gasteiger partial charge in [-0.2, -0.15) is 0 Å². The molecular formula is C23H16ClF2NO5S2. The highest BCUT2D eigenvalue weighted by atomic mass is 35.5. The number of ether oxygens (including phenoxy) is 1. The normalized spacial score (nSPS) is 11.5. The van der Waals surface area contributed by atoms with E-state index in [4.69, 9.17) is 16.3 Å². The molecule has 176 valence electrons. The van der Waals surface area contributed by atoms with E-state index >= 15 is 0 Å². The largest absolute Gasteiger partial charge is 0.505 e. The van der Waals surface area contributed by atoms with Crippen LogP contribution in [-0.2, 0) is 14.8 Å². The quantitative estimate of drug-likeness (QED) is 0.294. The van der Waals surface area contributed by atoms with Crippen LogP contribution < -0.4 is 4.72 Å². The van der Waals surface area contributed by atoms with E-state index in [-0.39, 0.29) is 17.7 Å². The third-order valence-corrected chi connectivity index (χ3v) is 7.64. The van der Waals surface area contributed by atoms with E-state index in [1.807, 2.05) is 29.0 Å². The fourth-order valence-electron chi connectivity index (χ4n) is 3.24. The van der Waals surface area contributed by atoms with E-state index in [2.05, 4.69) is 0 Å². The smallest absolute Gasteiger partial charge is 0.338 e. The molecule has 0 bridgehead atoms. The number of aromatic hydroxyl groups is 1. The molecule has 0 fully saturated rings. The van der Waals surface area contributed by atoms with Crippen molar-refractivity contribution in [2.75, 3.05) is 11.3 Å². The predicted molar refractivity (Wildman–Crippen MR) is 127 cm³/mol. The Balaban J connectivity index is 1.76. The summed E-state index contributed by atoms with van der Waals surface area (Å²) in [5.74, 6) is -3.74. The molecule has 0 amide bonds. The number of hydrogen-bond donors (Lipinski definition) is 2. The van der Waals surface area contributed by atoms with Gasteiger partial charge in [-0.3, -0.25) is 4.72 Å². The lowest BCUT2D eigenvalue weighted by molar-refractivity contribution is 0.0526. The number of halogens is 3. The molecule has 1 heterocycles. The van der Waals surface area contributed by atoms with Gasteiger partial charge in [-0.25, -0.2) is 22.0 Å². The Hall–Kier alpha value is -3.21. The molecule has 4 aromatic rings. The van der Waals surface area contributed by atoms with Crippen molar-refractivity contribution in [2.45, 2.75) is 11.8 Å². The highest BCUT2D eigenvalue weighted by Crippen LogP contribution is 2.38. The number of phenolic OH excluding ortho intramolecular Hbond substituents is 1. The number of anilines is 1. The molecule has 6 nitrogen and oxygen atoms in total. The van der Waals surface area contributed by atoms with E-state index < -0.39 is 49.0 Å². The average molecular weight is 524 g/mol. The third kappa shape index (κ3) is 4.56. The van der Waals surface area contributed by atoms with E-state index in [0.717, 1.165) is 28.3 Å². The van der Waals surface area contributed by atoms with Crippen molar-refractivity contribution in [2.24, 2.45) is 0 Å². The Morgan fingerprint density at radius 2 is 1.85 bits per heavy atom. The van der Waals surface area contributed by atoms with Crippen LogP contribution >= 0.6 is 22.9 Å². The summed E-state index contributed by atoms with van der Waals surface area (Å²) in [6.45, 7) is 1.59. The molecule has 0 saturated carbocycles. The average Bonchev–Trinajstić information content (AvgIpc) is 3.21. The minimum atomic E-state index is -4.65. The molecule has 11 heteroatoms. The van der Waals surface area contributed by atoms with E-state index in [1.165, 1.54) is 11.3 Å². The van der Waals surface area contributed by atoms with Crippen LogP contribution in [0.4, 0.5) is 14.5 Å². The second-order valence-corrected chi connectivity index (χ2v) is 10.2. The van der Waals surface area contributed by atoms with Crippen LogP contribution in [-0.4, -0.2) is 26.1 Å². The van der Waals surface area contributed by atoms with E-state index in [1.54, 1.807) is 13.0 Å². The van der Waals surface area contributed by atoms with Gasteiger partial charge >= 0.3 is 5.97 Å². The number of phenols is 1. The number of thiophene rings is 1. The number of rotatable bonds is 6. The number of carbonyl (C=O) groups is 1. The Labute approximate surface area is 202 Å². The fourth-order valence-corrected chi connectivity index (χ4v) is 5.80. The number of hydrogen-bond acceptors (Lipinski definition) is 6. The zero-order valence-corrected chi connectivity index (χ0v) is 19.8. The molecule has 0 radical (unpaired) electrons. The van der Waals surface area contributed by atoms with Gasteiger partial charge in [-0.15, -0.1) is 11.3 Å². The van der Waals surface area contributed by atoms with Gasteiger partial charge in [0.2, 0.25) is 0 Å². The lowest BCUT2D eigenvalue weighted by atomic mass is 10.1. The Morgan fingerprint density at radius 3 is 2.56 bits per heavy atom. The lowest BCUT2D eigenvalue weighted by Crippen LogP contribution is -2.16. The lowest BCUT2D eigenvalue weighted by Gasteiger charge is -2.14. The molecule has 0 atom stereocenters. The van der Waals surface area contributed by atoms with Gasteiger partial charge in [0.05, 0.1) is 22.9 Å². The maximum Gasteiger partial charge on any atom is 0.338 e. The molecule has 3 aromatic carbocycles. The topological polar surface area (TPSA) is 92.7 Å². The molecule has 0 spiro atoms. The summed E-state index contributed by atoms with van der Waals surface area (Å²) in [6, 6.07) is 12.5. The van der Waals surface area contributed by atoms with Gasteiger partial charge in [0.15, 0.2) is 5.75 Å². The number of carbonyl (C=O) groups excluding carboxylic acids is 1. The summed E-state index contributed by atoms with van der Waals surface area (Å²) >= 11 is 7.16. The highest BCUT2D eigenvalue weighted by molar-refractivity contribution is 7.92. The minimum absolute atomic E-state index is 0.0113. The van der Waals surface area contributed by atoms with Crippen molar-refractivity contribution in [1.29, 1.82) is 0 Å². The van der Waals surface area contributed by atoms with Crippen molar-refractivity contribution < 1.29 is 31.8 Å². The van der Waals surface area contributed by atoms with Gasteiger partial charge in [-0.1, -0.05) is 29.8 Å². The molecule has 0 aliphatic heterocycles. The zero-order valence-electron chi connectivity index (χ0n) is 17.4. The maximum atomic E-state index is 14.6. The Bertz CT molecular complexity index is 1500. The number of sulfonamides is 1. The molecule has 0 aliphatic carbocycles. The van der Waals surface area contributed by atoms with Crippen molar-refractivity contribution in [3.63, 3.8) is 0 Å². The molecule has 34 heavy (non-hydrogen) atoms. The molecule has 1 aromatic heterocycles. The zero-order chi connectivity index (χ0) is 24.6. The van der Waals surface area contributed by atoms with Gasteiger partial charge in [-0.05, 0) is 42.6 Å². The SMILES string of the molecule is CCOC(=O)c1cc(Cl)c(O)c(S(=O)(=O)Nc2cc(-c3cc4ccccc4s3)c(F)cc2F)c1. The van der Waals surface area contributed by atoms with E-state index in [9.17, 15) is 27.1 Å². The van der Waals surface area contributed by atoms with Gasteiger partial charge < -0.3 is 9.84 Å². The van der Waals surface area contributed by atoms with E-state index in [0.29, 0.717) is 10.9 Å². The van der Waals surface area contributed by atoms with Crippen molar-refractivity contribution in [3.8, 4) is 16.2 Å². The molecule has 0 saturated heterocycles. The van der Waals surface area contributed by atoms with Crippen LogP contribution in [0.1, 0.15) is 17.3 Å². The van der Waals surface area contributed by atoms with Gasteiger partial charge in [0.25, 0.3) is 10.0 Å². The van der Waals surface area contributed by atoms with Crippen LogP contribution in [0.5, 0.6) is 5.75 Å². The monoisotopic (exact) mass is 523 g/mol. The number of nitrogens with one attached hydrogen (secondary N) is 1. The van der Waals surface area contributed by atoms with Crippen LogP contribution in [0.2, 0.25) is 5.02 Å². The first kappa shape index (κ1) is 23.9. The van der Waals surface area contributed by atoms with Crippen molar-refractivity contribution in [1.82, 2.24) is 0 Å². The first-order valence-electron chi connectivity index (χ1n) is 9.81. The Morgan fingerprint density at radius 1 is 1.12 bits per heavy atom. The number of esters is 1. The standard InChI is InChI=1S/C23H16ClF2NO5S2/c1-2-32-23(29)13-7-15(24)22(28)21(9-13)34(30,31)27-18-10-14(16(25)11-17(18)26)20-8-12-5-3-4-6-19(12)33-20/h3-11,27-28H,2H2,1H3. The summed E-state index contributed by atoms with van der Waals surface area (Å²) in [7, 11) is -4.65. The molecular weight excluding hydrogens is 508 g/mol. The van der Waals surface area contributed by atoms with Crippen molar-refractivity contribution in [3.05, 3.63) is 76.8 Å². The number of fused-ring (bicyclic) bond motifs is 1. The van der Waals surface area contributed by atoms with Gasteiger partial charge in [0.1, 0.15) is 16.5 Å². The summed E-state index contributed by atoms with van der Waals surface area (Å²) in [5.41, 5.74) is -0.788. The first-order chi connectivity index (χ1) is 16.1. The Kier molecular flexibility index (Phi) is 6.48. The summed E-state index contributed by atoms with van der Waals surface area (Å²) in [6.07, 6.45) is 0. The number of benzene rings is 3. The summed E-state index contributed by atoms with van der Waals surface area (Å²) < 4.78 is 62.9. The molecule has 0 unspecified atom stereocenters. The van der Waals surface area contributed by atoms with Crippen LogP contribution in [0.15, 0.2) is 59.5 Å². The summed E-state index contributed by atoms with van der Waals surface area (Å²) in [5, 5.41) is 10.6. The van der Waals surface area contributed by atoms with Crippen LogP contribution in [0.3, 0.4) is 0 Å². The highest BCUT2D eigenvalue weighted by Gasteiger charge is 2.26. The predicted octanol–water partition coefficient (Wildman–Crippen LogP) is 6.18. The minimum Gasteiger partial charge on any atom is -0.505 e. The fraction of sp³-hybridized carbons (Fsp3) is 0.0870. The molecule has 0 aliphatic rings. The van der Waals surface area contributed by atoms with Crippen LogP contribution in [0.25, 0.3) is 20.5 Å². The van der Waals surface area contributed by atoms with Gasteiger partial charge in [0, 0.05) is 21.2 Å². The third-order valence-electron chi connectivity index (χ3n) is 4.82. The second kappa shape index (κ2) is 9.21. The van der Waals surface area contributed by atoms with Crippen LogP contribution in [0, 0.1) is 11.6 Å². The van der Waals surface area contributed by atoms with Crippen molar-refractivity contribution >= 4 is 54.7 Å².